The summed E-state index contributed by atoms with van der Waals surface area (Å²) in [6, 6.07) is 20.0. The first-order valence-electron chi connectivity index (χ1n) is 10.2. The summed E-state index contributed by atoms with van der Waals surface area (Å²) in [5, 5.41) is 1.46. The molecule has 0 radical (unpaired) electrons. The van der Waals surface area contributed by atoms with E-state index in [9.17, 15) is 4.39 Å². The summed E-state index contributed by atoms with van der Waals surface area (Å²) in [5.41, 5.74) is 4.69. The second kappa shape index (κ2) is 9.00. The summed E-state index contributed by atoms with van der Waals surface area (Å²) in [4.78, 5) is 4.56. The third kappa shape index (κ3) is 4.46. The largest absolute Gasteiger partial charge is 0.256 e. The topological polar surface area (TPSA) is 12.9 Å². The Bertz CT molecular complexity index is 1160. The number of benzene rings is 3. The summed E-state index contributed by atoms with van der Waals surface area (Å²) in [7, 11) is 0. The van der Waals surface area contributed by atoms with Crippen molar-refractivity contribution in [2.24, 2.45) is 0 Å². The predicted molar refractivity (Wildman–Crippen MR) is 119 cm³/mol. The fourth-order valence-corrected chi connectivity index (χ4v) is 3.63. The molecule has 0 spiro atoms. The van der Waals surface area contributed by atoms with E-state index in [4.69, 9.17) is 0 Å². The summed E-state index contributed by atoms with van der Waals surface area (Å²) in [6.45, 7) is 3.75. The summed E-state index contributed by atoms with van der Waals surface area (Å²) < 4.78 is 28.1. The molecule has 0 bridgehead atoms. The minimum absolute atomic E-state index is 0.186. The van der Waals surface area contributed by atoms with E-state index in [0.29, 0.717) is 23.8 Å². The summed E-state index contributed by atoms with van der Waals surface area (Å²) >= 11 is 0. The molecule has 0 aliphatic carbocycles. The van der Waals surface area contributed by atoms with Crippen molar-refractivity contribution < 1.29 is 8.78 Å². The molecule has 0 unspecified atom stereocenters. The third-order valence-electron chi connectivity index (χ3n) is 5.39. The van der Waals surface area contributed by atoms with Gasteiger partial charge in [-0.25, -0.2) is 8.78 Å². The van der Waals surface area contributed by atoms with E-state index in [0.717, 1.165) is 35.0 Å². The number of allylic oxidation sites excluding steroid dienone is 1. The molecule has 150 valence electrons. The molecule has 0 aliphatic heterocycles. The van der Waals surface area contributed by atoms with E-state index in [1.165, 1.54) is 17.7 Å². The van der Waals surface area contributed by atoms with Crippen molar-refractivity contribution in [2.75, 3.05) is 0 Å². The molecular formula is C27H23F2N. The second-order valence-electron chi connectivity index (χ2n) is 7.48. The van der Waals surface area contributed by atoms with Crippen LogP contribution in [0.2, 0.25) is 0 Å². The molecule has 3 aromatic carbocycles. The fraction of sp³-hybridized carbons (Fsp3) is 0.148. The zero-order valence-corrected chi connectivity index (χ0v) is 16.7. The van der Waals surface area contributed by atoms with Crippen LogP contribution in [0.5, 0.6) is 0 Å². The molecule has 1 heterocycles. The number of halogens is 2. The monoisotopic (exact) mass is 399 g/mol. The molecule has 0 N–H and O–H groups in total. The molecule has 1 aromatic heterocycles. The zero-order chi connectivity index (χ0) is 20.9. The van der Waals surface area contributed by atoms with Crippen LogP contribution in [-0.2, 0) is 19.3 Å². The number of aromatic nitrogens is 1. The van der Waals surface area contributed by atoms with Crippen LogP contribution in [0, 0.1) is 11.6 Å². The molecule has 0 amide bonds. The van der Waals surface area contributed by atoms with Gasteiger partial charge in [0.25, 0.3) is 0 Å². The number of nitrogens with zero attached hydrogens (tertiary/aromatic N) is 1. The average Bonchev–Trinajstić information content (AvgIpc) is 2.78. The maximum atomic E-state index is 15.1. The van der Waals surface area contributed by atoms with Crippen molar-refractivity contribution in [3.8, 4) is 11.3 Å². The van der Waals surface area contributed by atoms with Gasteiger partial charge < -0.3 is 0 Å². The lowest BCUT2D eigenvalue weighted by Gasteiger charge is -2.09. The lowest BCUT2D eigenvalue weighted by molar-refractivity contribution is 0.619. The van der Waals surface area contributed by atoms with E-state index in [1.54, 1.807) is 12.1 Å². The van der Waals surface area contributed by atoms with Crippen molar-refractivity contribution in [1.29, 1.82) is 0 Å². The Kier molecular flexibility index (Phi) is 5.99. The van der Waals surface area contributed by atoms with Gasteiger partial charge in [-0.3, -0.25) is 4.98 Å². The molecule has 30 heavy (non-hydrogen) atoms. The van der Waals surface area contributed by atoms with Crippen molar-refractivity contribution in [2.45, 2.75) is 25.7 Å². The average molecular weight is 399 g/mol. The molecule has 3 heteroatoms. The van der Waals surface area contributed by atoms with Crippen LogP contribution in [0.15, 0.2) is 85.6 Å². The van der Waals surface area contributed by atoms with E-state index in [2.05, 4.69) is 17.6 Å². The van der Waals surface area contributed by atoms with E-state index in [1.807, 2.05) is 48.7 Å². The maximum absolute atomic E-state index is 15.1. The van der Waals surface area contributed by atoms with E-state index in [-0.39, 0.29) is 11.6 Å². The number of fused-ring (bicyclic) bond motifs is 1. The van der Waals surface area contributed by atoms with Gasteiger partial charge in [-0.05, 0) is 72.0 Å². The second-order valence-corrected chi connectivity index (χ2v) is 7.48. The minimum Gasteiger partial charge on any atom is -0.256 e. The molecule has 0 atom stereocenters. The molecule has 4 rings (SSSR count). The maximum Gasteiger partial charge on any atom is 0.134 e. The van der Waals surface area contributed by atoms with Gasteiger partial charge in [0, 0.05) is 17.1 Å². The number of hydrogen-bond donors (Lipinski definition) is 0. The molecule has 0 aliphatic rings. The van der Waals surface area contributed by atoms with Gasteiger partial charge >= 0.3 is 0 Å². The van der Waals surface area contributed by atoms with Gasteiger partial charge in [0.05, 0.1) is 5.69 Å². The van der Waals surface area contributed by atoms with Gasteiger partial charge in [-0.1, -0.05) is 48.5 Å². The van der Waals surface area contributed by atoms with Gasteiger partial charge in [0.15, 0.2) is 0 Å². The molecule has 1 nitrogen and oxygen atoms in total. The van der Waals surface area contributed by atoms with Crippen LogP contribution in [0.25, 0.3) is 22.0 Å². The number of hydrogen-bond acceptors (Lipinski definition) is 1. The minimum atomic E-state index is -0.257. The molecule has 0 fully saturated rings. The van der Waals surface area contributed by atoms with Crippen LogP contribution in [0.1, 0.15) is 23.1 Å². The number of rotatable bonds is 7. The number of pyridine rings is 1. The molecule has 0 saturated heterocycles. The Hall–Kier alpha value is -3.33. The molecule has 0 saturated carbocycles. The quantitative estimate of drug-likeness (QED) is 0.303. The van der Waals surface area contributed by atoms with Crippen LogP contribution in [-0.4, -0.2) is 4.98 Å². The first kappa shape index (κ1) is 20.0. The summed E-state index contributed by atoms with van der Waals surface area (Å²) in [5.74, 6) is -0.443. The van der Waals surface area contributed by atoms with Crippen LogP contribution < -0.4 is 0 Å². The van der Waals surface area contributed by atoms with Gasteiger partial charge in [-0.2, -0.15) is 0 Å². The predicted octanol–water partition coefficient (Wildman–Crippen LogP) is 7.08. The molecule has 4 aromatic rings. The lowest BCUT2D eigenvalue weighted by atomic mass is 9.98. The Morgan fingerprint density at radius 3 is 2.33 bits per heavy atom. The highest BCUT2D eigenvalue weighted by Gasteiger charge is 2.10. The van der Waals surface area contributed by atoms with Gasteiger partial charge in [0.2, 0.25) is 0 Å². The molecular weight excluding hydrogens is 376 g/mol. The van der Waals surface area contributed by atoms with Crippen LogP contribution in [0.3, 0.4) is 0 Å². The third-order valence-corrected chi connectivity index (χ3v) is 5.39. The lowest BCUT2D eigenvalue weighted by Crippen LogP contribution is -1.96. The van der Waals surface area contributed by atoms with Crippen molar-refractivity contribution in [3.63, 3.8) is 0 Å². The zero-order valence-electron chi connectivity index (χ0n) is 16.7. The first-order valence-corrected chi connectivity index (χ1v) is 10.2. The Morgan fingerprint density at radius 1 is 0.800 bits per heavy atom. The van der Waals surface area contributed by atoms with Crippen molar-refractivity contribution >= 4 is 10.8 Å². The standard InChI is InChI=1S/C27H23F2N/c1-2-3-4-20-8-16-26(30-18-20)23-12-15-25-22(17-23)11-10-21(27(25)29)9-5-19-6-13-24(28)14-7-19/h2,6-8,10-18H,1,3-5,9H2. The normalized spacial score (nSPS) is 11.0. The van der Waals surface area contributed by atoms with E-state index >= 15 is 4.39 Å². The van der Waals surface area contributed by atoms with Crippen LogP contribution >= 0.6 is 0 Å². The Labute approximate surface area is 175 Å². The Morgan fingerprint density at radius 2 is 1.60 bits per heavy atom. The van der Waals surface area contributed by atoms with Crippen molar-refractivity contribution in [1.82, 2.24) is 4.98 Å². The Balaban J connectivity index is 1.54. The van der Waals surface area contributed by atoms with Crippen molar-refractivity contribution in [3.05, 3.63) is 114 Å². The van der Waals surface area contributed by atoms with E-state index < -0.39 is 0 Å². The van der Waals surface area contributed by atoms with Gasteiger partial charge in [0.1, 0.15) is 11.6 Å². The fourth-order valence-electron chi connectivity index (χ4n) is 3.63. The SMILES string of the molecule is C=CCCc1ccc(-c2ccc3c(F)c(CCc4ccc(F)cc4)ccc3c2)nc1. The smallest absolute Gasteiger partial charge is 0.134 e. The van der Waals surface area contributed by atoms with Gasteiger partial charge in [-0.15, -0.1) is 6.58 Å². The summed E-state index contributed by atoms with van der Waals surface area (Å²) in [6.07, 6.45) is 6.90. The highest BCUT2D eigenvalue weighted by Crippen LogP contribution is 2.27. The highest BCUT2D eigenvalue weighted by molar-refractivity contribution is 5.88. The van der Waals surface area contributed by atoms with Crippen LogP contribution in [0.4, 0.5) is 8.78 Å². The highest BCUT2D eigenvalue weighted by atomic mass is 19.1. The first-order chi connectivity index (χ1) is 14.6. The number of aryl methyl sites for hydroxylation is 3.